The minimum atomic E-state index is -0.913. The second kappa shape index (κ2) is 16.0. The van der Waals surface area contributed by atoms with Crippen molar-refractivity contribution in [2.24, 2.45) is 11.7 Å². The SMILES string of the molecule is CC(CC(N)=O)ON(C(=O)OCc1cccc2ccccc12)C1CN(CC2CCCCC2)C(=O)CN1C=O.CCC. The van der Waals surface area contributed by atoms with Crippen molar-refractivity contribution < 1.29 is 28.8 Å². The van der Waals surface area contributed by atoms with Gasteiger partial charge in [0.05, 0.1) is 19.1 Å². The van der Waals surface area contributed by atoms with Gasteiger partial charge in [0.25, 0.3) is 0 Å². The van der Waals surface area contributed by atoms with Gasteiger partial charge in [0.2, 0.25) is 18.2 Å². The lowest BCUT2D eigenvalue weighted by molar-refractivity contribution is -0.227. The first-order chi connectivity index (χ1) is 19.8. The molecule has 4 amide bonds. The van der Waals surface area contributed by atoms with Crippen molar-refractivity contribution in [1.29, 1.82) is 0 Å². The van der Waals surface area contributed by atoms with Crippen molar-refractivity contribution in [1.82, 2.24) is 14.9 Å². The van der Waals surface area contributed by atoms with Gasteiger partial charge in [0.15, 0.2) is 6.17 Å². The second-order valence-electron chi connectivity index (χ2n) is 10.9. The summed E-state index contributed by atoms with van der Waals surface area (Å²) in [6.45, 7) is 6.30. The summed E-state index contributed by atoms with van der Waals surface area (Å²) in [5.74, 6) is -0.377. The van der Waals surface area contributed by atoms with Crippen LogP contribution in [-0.2, 0) is 30.6 Å². The summed E-state index contributed by atoms with van der Waals surface area (Å²) in [5.41, 5.74) is 6.15. The van der Waals surface area contributed by atoms with Gasteiger partial charge in [0, 0.05) is 6.54 Å². The van der Waals surface area contributed by atoms with E-state index in [4.69, 9.17) is 15.3 Å². The fraction of sp³-hybridized carbons (Fsp3) is 0.548. The maximum Gasteiger partial charge on any atom is 0.436 e. The van der Waals surface area contributed by atoms with E-state index >= 15 is 0 Å². The van der Waals surface area contributed by atoms with Crippen LogP contribution in [0.3, 0.4) is 0 Å². The summed E-state index contributed by atoms with van der Waals surface area (Å²) in [4.78, 5) is 58.6. The van der Waals surface area contributed by atoms with Gasteiger partial charge in [-0.15, -0.1) is 0 Å². The number of primary amides is 1. The Kier molecular flexibility index (Phi) is 12.4. The molecule has 2 N–H and O–H groups in total. The van der Waals surface area contributed by atoms with E-state index in [9.17, 15) is 19.2 Å². The number of hydrogen-bond acceptors (Lipinski definition) is 6. The Labute approximate surface area is 242 Å². The van der Waals surface area contributed by atoms with Gasteiger partial charge in [-0.25, -0.2) is 4.79 Å². The molecular formula is C31H44N4O6. The number of benzene rings is 2. The minimum Gasteiger partial charge on any atom is -0.443 e. The summed E-state index contributed by atoms with van der Waals surface area (Å²) in [6.07, 6.45) is 4.74. The molecule has 2 aliphatic rings. The monoisotopic (exact) mass is 568 g/mol. The van der Waals surface area contributed by atoms with Crippen molar-refractivity contribution in [3.63, 3.8) is 0 Å². The van der Waals surface area contributed by atoms with Crippen molar-refractivity contribution in [3.8, 4) is 0 Å². The van der Waals surface area contributed by atoms with Gasteiger partial charge < -0.3 is 20.3 Å². The summed E-state index contributed by atoms with van der Waals surface area (Å²) in [7, 11) is 0. The maximum absolute atomic E-state index is 13.4. The van der Waals surface area contributed by atoms with Crippen LogP contribution in [0.25, 0.3) is 10.8 Å². The number of amides is 4. The van der Waals surface area contributed by atoms with Crippen molar-refractivity contribution in [2.45, 2.75) is 84.6 Å². The number of fused-ring (bicyclic) bond motifs is 1. The number of carbonyl (C=O) groups is 4. The molecule has 0 aromatic heterocycles. The van der Waals surface area contributed by atoms with Gasteiger partial charge in [-0.3, -0.25) is 19.2 Å². The molecule has 41 heavy (non-hydrogen) atoms. The molecule has 224 valence electrons. The zero-order valence-electron chi connectivity index (χ0n) is 24.5. The van der Waals surface area contributed by atoms with Gasteiger partial charge in [-0.2, -0.15) is 5.06 Å². The highest BCUT2D eigenvalue weighted by Gasteiger charge is 2.40. The van der Waals surface area contributed by atoms with Gasteiger partial charge in [-0.05, 0) is 42.0 Å². The lowest BCUT2D eigenvalue weighted by atomic mass is 9.89. The van der Waals surface area contributed by atoms with Crippen LogP contribution in [-0.4, -0.2) is 71.1 Å². The van der Waals surface area contributed by atoms with E-state index < -0.39 is 24.3 Å². The molecular weight excluding hydrogens is 524 g/mol. The number of piperazine rings is 1. The number of nitrogens with two attached hydrogens (primary N) is 1. The molecule has 2 atom stereocenters. The molecule has 2 fully saturated rings. The van der Waals surface area contributed by atoms with Crippen LogP contribution in [0.15, 0.2) is 42.5 Å². The molecule has 1 saturated carbocycles. The van der Waals surface area contributed by atoms with E-state index in [1.165, 1.54) is 17.7 Å². The van der Waals surface area contributed by atoms with Crippen LogP contribution in [0, 0.1) is 5.92 Å². The predicted octanol–water partition coefficient (Wildman–Crippen LogP) is 4.60. The van der Waals surface area contributed by atoms with E-state index in [1.807, 2.05) is 42.5 Å². The number of carbonyl (C=O) groups excluding carboxylic acids is 4. The molecule has 0 spiro atoms. The summed E-state index contributed by atoms with van der Waals surface area (Å²) >= 11 is 0. The summed E-state index contributed by atoms with van der Waals surface area (Å²) in [6, 6.07) is 13.5. The molecule has 1 aliphatic heterocycles. The Hall–Kier alpha value is -3.66. The Bertz CT molecular complexity index is 1160. The number of hydroxylamine groups is 2. The molecule has 2 aromatic carbocycles. The van der Waals surface area contributed by atoms with Crippen LogP contribution in [0.2, 0.25) is 0 Å². The lowest BCUT2D eigenvalue weighted by Gasteiger charge is -2.44. The Balaban J connectivity index is 0.00000147. The molecule has 10 heteroatoms. The number of ether oxygens (including phenoxy) is 1. The molecule has 4 rings (SSSR count). The van der Waals surface area contributed by atoms with Gasteiger partial charge >= 0.3 is 6.09 Å². The van der Waals surface area contributed by atoms with E-state index in [0.717, 1.165) is 47.1 Å². The highest BCUT2D eigenvalue weighted by molar-refractivity contribution is 5.86. The number of nitrogens with zero attached hydrogens (tertiary/aromatic N) is 3. The first-order valence-corrected chi connectivity index (χ1v) is 14.6. The molecule has 0 radical (unpaired) electrons. The van der Waals surface area contributed by atoms with E-state index in [-0.39, 0.29) is 32.0 Å². The molecule has 2 unspecified atom stereocenters. The second-order valence-corrected chi connectivity index (χ2v) is 10.9. The largest absolute Gasteiger partial charge is 0.443 e. The molecule has 2 aromatic rings. The molecule has 1 heterocycles. The third-order valence-electron chi connectivity index (χ3n) is 7.24. The Morgan fingerprint density at radius 1 is 1.10 bits per heavy atom. The number of hydrogen-bond donors (Lipinski definition) is 1. The van der Waals surface area contributed by atoms with E-state index in [0.29, 0.717) is 18.9 Å². The Morgan fingerprint density at radius 2 is 1.78 bits per heavy atom. The molecule has 10 nitrogen and oxygen atoms in total. The average Bonchev–Trinajstić information content (AvgIpc) is 2.96. The van der Waals surface area contributed by atoms with Crippen LogP contribution < -0.4 is 5.73 Å². The fourth-order valence-corrected chi connectivity index (χ4v) is 5.31. The summed E-state index contributed by atoms with van der Waals surface area (Å²) in [5, 5.41) is 2.95. The molecule has 0 bridgehead atoms. The predicted molar refractivity (Wildman–Crippen MR) is 156 cm³/mol. The first kappa shape index (κ1) is 31.9. The minimum absolute atomic E-state index is 0.0250. The van der Waals surface area contributed by atoms with Gasteiger partial charge in [0.1, 0.15) is 13.2 Å². The highest BCUT2D eigenvalue weighted by atomic mass is 16.7. The maximum atomic E-state index is 13.4. The third-order valence-corrected chi connectivity index (χ3v) is 7.24. The Morgan fingerprint density at radius 3 is 2.46 bits per heavy atom. The molecule has 1 aliphatic carbocycles. The topological polar surface area (TPSA) is 122 Å². The average molecular weight is 569 g/mol. The van der Waals surface area contributed by atoms with E-state index in [1.54, 1.807) is 11.8 Å². The van der Waals surface area contributed by atoms with Crippen LogP contribution in [0.1, 0.15) is 71.3 Å². The van der Waals surface area contributed by atoms with Crippen LogP contribution in [0.5, 0.6) is 0 Å². The van der Waals surface area contributed by atoms with Gasteiger partial charge in [-0.1, -0.05) is 82.0 Å². The fourth-order valence-electron chi connectivity index (χ4n) is 5.31. The smallest absolute Gasteiger partial charge is 0.436 e. The standard InChI is InChI=1S/C28H36N4O6.C3H8/c1-20(14-25(29)34)38-32(28(36)37-18-23-12-7-11-22-10-5-6-13-24(22)23)26-16-30(27(35)17-31(26)19-33)15-21-8-3-2-4-9-21;1-3-2/h5-7,10-13,19-21,26H,2-4,8-9,14-18H2,1H3,(H2,29,34);3H2,1-2H3. The number of rotatable bonds is 10. The summed E-state index contributed by atoms with van der Waals surface area (Å²) < 4.78 is 5.66. The molecule has 1 saturated heterocycles. The van der Waals surface area contributed by atoms with Crippen molar-refractivity contribution in [2.75, 3.05) is 19.6 Å². The third kappa shape index (κ3) is 9.18. The van der Waals surface area contributed by atoms with Crippen LogP contribution in [0.4, 0.5) is 4.79 Å². The zero-order chi connectivity index (χ0) is 29.8. The quantitative estimate of drug-likeness (QED) is 0.330. The normalized spacial score (nSPS) is 18.3. The van der Waals surface area contributed by atoms with Crippen molar-refractivity contribution in [3.05, 3.63) is 48.0 Å². The lowest BCUT2D eigenvalue weighted by Crippen LogP contribution is -2.63. The first-order valence-electron chi connectivity index (χ1n) is 14.6. The van der Waals surface area contributed by atoms with Crippen LogP contribution >= 0.6 is 0 Å². The zero-order valence-corrected chi connectivity index (χ0v) is 24.5. The van der Waals surface area contributed by atoms with E-state index in [2.05, 4.69) is 13.8 Å². The van der Waals surface area contributed by atoms with Crippen molar-refractivity contribution >= 4 is 35.1 Å². The highest BCUT2D eigenvalue weighted by Crippen LogP contribution is 2.27.